The zero-order valence-corrected chi connectivity index (χ0v) is 15.1. The van der Waals surface area contributed by atoms with Crippen molar-refractivity contribution >= 4 is 17.4 Å². The van der Waals surface area contributed by atoms with Gasteiger partial charge in [-0.05, 0) is 12.1 Å². The molecule has 3 aromatic rings. The van der Waals surface area contributed by atoms with Crippen LogP contribution >= 0.6 is 0 Å². The molecule has 1 aliphatic rings. The van der Waals surface area contributed by atoms with Gasteiger partial charge in [0, 0.05) is 25.0 Å². The van der Waals surface area contributed by atoms with Crippen molar-refractivity contribution in [3.05, 3.63) is 48.4 Å². The maximum Gasteiger partial charge on any atom is 0.390 e. The molecule has 4 rings (SSSR count). The number of aromatic nitrogens is 4. The second-order valence-electron chi connectivity index (χ2n) is 6.49. The third-order valence-electron chi connectivity index (χ3n) is 4.36. The SMILES string of the molecule is O=C1CN(CCC(F)(F)F)c2nc(-n3ccnc3-c3ccc(F)cc3F)ncc2N1. The van der Waals surface area contributed by atoms with E-state index in [0.717, 1.165) is 6.07 Å². The lowest BCUT2D eigenvalue weighted by Crippen LogP contribution is -2.40. The van der Waals surface area contributed by atoms with Crippen molar-refractivity contribution in [1.29, 1.82) is 0 Å². The number of hydrogen-bond donors (Lipinski definition) is 1. The highest BCUT2D eigenvalue weighted by atomic mass is 19.4. The van der Waals surface area contributed by atoms with Gasteiger partial charge in [-0.25, -0.2) is 18.7 Å². The molecule has 1 aliphatic heterocycles. The average Bonchev–Trinajstić information content (AvgIpc) is 3.14. The van der Waals surface area contributed by atoms with Gasteiger partial charge >= 0.3 is 6.18 Å². The predicted octanol–water partition coefficient (Wildman–Crippen LogP) is 3.32. The summed E-state index contributed by atoms with van der Waals surface area (Å²) in [5.74, 6) is -1.91. The maximum absolute atomic E-state index is 14.2. The van der Waals surface area contributed by atoms with Crippen molar-refractivity contribution in [2.75, 3.05) is 23.3 Å². The van der Waals surface area contributed by atoms with Crippen LogP contribution in [-0.4, -0.2) is 44.7 Å². The Balaban J connectivity index is 1.73. The first kappa shape index (κ1) is 19.7. The van der Waals surface area contributed by atoms with E-state index in [1.54, 1.807) is 0 Å². The van der Waals surface area contributed by atoms with Crippen LogP contribution in [-0.2, 0) is 4.79 Å². The van der Waals surface area contributed by atoms with E-state index in [1.807, 2.05) is 0 Å². The second kappa shape index (κ2) is 7.35. The van der Waals surface area contributed by atoms with E-state index in [0.29, 0.717) is 6.07 Å². The Bertz CT molecular complexity index is 1110. The maximum atomic E-state index is 14.2. The van der Waals surface area contributed by atoms with Crippen molar-refractivity contribution in [2.45, 2.75) is 12.6 Å². The van der Waals surface area contributed by atoms with Gasteiger partial charge in [-0.1, -0.05) is 0 Å². The Labute approximate surface area is 166 Å². The van der Waals surface area contributed by atoms with Gasteiger partial charge in [0.25, 0.3) is 0 Å². The van der Waals surface area contributed by atoms with Crippen LogP contribution in [0.15, 0.2) is 36.8 Å². The lowest BCUT2D eigenvalue weighted by molar-refractivity contribution is -0.133. The van der Waals surface area contributed by atoms with Gasteiger partial charge in [0.2, 0.25) is 11.9 Å². The Morgan fingerprint density at radius 1 is 1.17 bits per heavy atom. The van der Waals surface area contributed by atoms with Crippen LogP contribution in [0.2, 0.25) is 0 Å². The van der Waals surface area contributed by atoms with Crippen LogP contribution in [0.1, 0.15) is 6.42 Å². The zero-order valence-electron chi connectivity index (χ0n) is 15.1. The Kier molecular flexibility index (Phi) is 4.84. The summed E-state index contributed by atoms with van der Waals surface area (Å²) < 4.78 is 66.7. The molecule has 30 heavy (non-hydrogen) atoms. The number of benzene rings is 1. The molecule has 0 radical (unpaired) electrons. The molecular weight excluding hydrogens is 411 g/mol. The summed E-state index contributed by atoms with van der Waals surface area (Å²) in [7, 11) is 0. The Morgan fingerprint density at radius 2 is 1.97 bits per heavy atom. The number of alkyl halides is 3. The molecule has 1 N–H and O–H groups in total. The van der Waals surface area contributed by atoms with E-state index in [1.165, 1.54) is 34.1 Å². The quantitative estimate of drug-likeness (QED) is 0.651. The van der Waals surface area contributed by atoms with Crippen molar-refractivity contribution in [3.8, 4) is 17.3 Å². The van der Waals surface area contributed by atoms with Crippen molar-refractivity contribution in [3.63, 3.8) is 0 Å². The molecule has 7 nitrogen and oxygen atoms in total. The number of amides is 1. The summed E-state index contributed by atoms with van der Waals surface area (Å²) in [6.07, 6.45) is -1.50. The average molecular weight is 424 g/mol. The molecule has 1 amide bonds. The largest absolute Gasteiger partial charge is 0.390 e. The van der Waals surface area contributed by atoms with Gasteiger partial charge in [-0.3, -0.25) is 9.36 Å². The zero-order chi connectivity index (χ0) is 21.5. The van der Waals surface area contributed by atoms with E-state index in [9.17, 15) is 26.7 Å². The predicted molar refractivity (Wildman–Crippen MR) is 96.0 cm³/mol. The number of hydrogen-bond acceptors (Lipinski definition) is 5. The van der Waals surface area contributed by atoms with Crippen molar-refractivity contribution < 1.29 is 26.7 Å². The van der Waals surface area contributed by atoms with Crippen LogP contribution in [0, 0.1) is 11.6 Å². The lowest BCUT2D eigenvalue weighted by Gasteiger charge is -2.30. The molecule has 2 aromatic heterocycles. The highest BCUT2D eigenvalue weighted by molar-refractivity contribution is 6.00. The first-order chi connectivity index (χ1) is 14.2. The van der Waals surface area contributed by atoms with Crippen LogP contribution in [0.3, 0.4) is 0 Å². The highest BCUT2D eigenvalue weighted by Crippen LogP contribution is 2.30. The Hall–Kier alpha value is -3.57. The first-order valence-corrected chi connectivity index (χ1v) is 8.69. The summed E-state index contributed by atoms with van der Waals surface area (Å²) in [4.78, 5) is 25.4. The van der Waals surface area contributed by atoms with Gasteiger partial charge < -0.3 is 10.2 Å². The fraction of sp³-hybridized carbons (Fsp3) is 0.222. The van der Waals surface area contributed by atoms with Crippen LogP contribution in [0.4, 0.5) is 33.5 Å². The summed E-state index contributed by atoms with van der Waals surface area (Å²) in [6.45, 7) is -0.771. The topological polar surface area (TPSA) is 75.9 Å². The van der Waals surface area contributed by atoms with E-state index < -0.39 is 36.7 Å². The molecule has 0 fully saturated rings. The molecule has 0 aliphatic carbocycles. The molecule has 156 valence electrons. The lowest BCUT2D eigenvalue weighted by atomic mass is 10.2. The summed E-state index contributed by atoms with van der Waals surface area (Å²) in [5.41, 5.74) is 0.150. The molecule has 3 heterocycles. The van der Waals surface area contributed by atoms with Gasteiger partial charge in [0.05, 0.1) is 24.7 Å². The fourth-order valence-electron chi connectivity index (χ4n) is 3.03. The standard InChI is InChI=1S/C18H13F5N6O/c19-10-1-2-11(12(20)7-10)15-24-4-6-29(15)17-25-8-13-16(27-17)28(9-14(30)26-13)5-3-18(21,22)23/h1-2,4,6-8H,3,5,9H2,(H,26,30). The summed E-state index contributed by atoms with van der Waals surface area (Å²) >= 11 is 0. The molecule has 0 atom stereocenters. The van der Waals surface area contributed by atoms with Gasteiger partial charge in [-0.15, -0.1) is 0 Å². The van der Waals surface area contributed by atoms with E-state index in [2.05, 4.69) is 20.3 Å². The second-order valence-corrected chi connectivity index (χ2v) is 6.49. The minimum atomic E-state index is -4.40. The third-order valence-corrected chi connectivity index (χ3v) is 4.36. The monoisotopic (exact) mass is 424 g/mol. The fourth-order valence-corrected chi connectivity index (χ4v) is 3.03. The molecule has 0 bridgehead atoms. The van der Waals surface area contributed by atoms with E-state index >= 15 is 0 Å². The molecule has 0 spiro atoms. The highest BCUT2D eigenvalue weighted by Gasteiger charge is 2.31. The molecule has 0 saturated heterocycles. The van der Waals surface area contributed by atoms with Crippen molar-refractivity contribution in [1.82, 2.24) is 19.5 Å². The number of imidazole rings is 1. The number of halogens is 5. The third kappa shape index (κ3) is 3.93. The van der Waals surface area contributed by atoms with Crippen LogP contribution in [0.5, 0.6) is 0 Å². The molecular formula is C18H13F5N6O. The number of anilines is 2. The summed E-state index contributed by atoms with van der Waals surface area (Å²) in [5, 5.41) is 2.51. The number of fused-ring (bicyclic) bond motifs is 1. The molecule has 1 aromatic carbocycles. The van der Waals surface area contributed by atoms with Gasteiger partial charge in [0.15, 0.2) is 5.82 Å². The number of rotatable bonds is 4. The van der Waals surface area contributed by atoms with Crippen molar-refractivity contribution in [2.24, 2.45) is 0 Å². The Morgan fingerprint density at radius 3 is 2.70 bits per heavy atom. The smallest absolute Gasteiger partial charge is 0.345 e. The van der Waals surface area contributed by atoms with E-state index in [-0.39, 0.29) is 35.4 Å². The number of nitrogens with zero attached hydrogens (tertiary/aromatic N) is 5. The minimum absolute atomic E-state index is 0.00173. The number of nitrogens with one attached hydrogen (secondary N) is 1. The number of carbonyl (C=O) groups is 1. The van der Waals surface area contributed by atoms with Gasteiger partial charge in [-0.2, -0.15) is 18.2 Å². The van der Waals surface area contributed by atoms with Crippen LogP contribution < -0.4 is 10.2 Å². The van der Waals surface area contributed by atoms with Gasteiger partial charge in [0.1, 0.15) is 23.1 Å². The molecule has 0 saturated carbocycles. The van der Waals surface area contributed by atoms with Crippen LogP contribution in [0.25, 0.3) is 17.3 Å². The normalized spacial score (nSPS) is 13.9. The molecule has 12 heteroatoms. The summed E-state index contributed by atoms with van der Waals surface area (Å²) in [6, 6.07) is 2.98. The molecule has 0 unspecified atom stereocenters. The van der Waals surface area contributed by atoms with E-state index in [4.69, 9.17) is 0 Å². The minimum Gasteiger partial charge on any atom is -0.345 e. The number of carbonyl (C=O) groups excluding carboxylic acids is 1. The first-order valence-electron chi connectivity index (χ1n) is 8.69.